The maximum Gasteiger partial charge on any atom is 0.228 e. The summed E-state index contributed by atoms with van der Waals surface area (Å²) < 4.78 is 0. The monoisotopic (exact) mass is 412 g/mol. The Labute approximate surface area is 178 Å². The number of oxime groups is 1. The number of benzene rings is 2. The number of aryl methyl sites for hydroxylation is 1. The average Bonchev–Trinajstić information content (AvgIpc) is 3.21. The van der Waals surface area contributed by atoms with E-state index in [1.54, 1.807) is 36.4 Å². The second-order valence-corrected chi connectivity index (χ2v) is 7.39. The Kier molecular flexibility index (Phi) is 6.64. The molecule has 6 heteroatoms. The fourth-order valence-electron chi connectivity index (χ4n) is 2.63. The summed E-state index contributed by atoms with van der Waals surface area (Å²) in [5, 5.41) is 14.2. The minimum atomic E-state index is -0.630. The van der Waals surface area contributed by atoms with E-state index in [0.717, 1.165) is 11.1 Å². The van der Waals surface area contributed by atoms with E-state index in [0.29, 0.717) is 15.5 Å². The Bertz CT molecular complexity index is 1200. The van der Waals surface area contributed by atoms with Crippen molar-refractivity contribution < 1.29 is 14.4 Å². The number of thioether (sulfide) groups is 1. The van der Waals surface area contributed by atoms with E-state index in [4.69, 9.17) is 4.84 Å². The summed E-state index contributed by atoms with van der Waals surface area (Å²) in [5.74, 6) is 1.64. The first kappa shape index (κ1) is 20.9. The quantitative estimate of drug-likeness (QED) is 0.240. The highest BCUT2D eigenvalue weighted by atomic mass is 32.2. The number of carbonyl (C=O) groups excluding carboxylic acids is 2. The first-order valence-electron chi connectivity index (χ1n) is 8.96. The summed E-state index contributed by atoms with van der Waals surface area (Å²) in [6, 6.07) is 16.4. The van der Waals surface area contributed by atoms with Gasteiger partial charge in [-0.15, -0.1) is 0 Å². The van der Waals surface area contributed by atoms with Crippen molar-refractivity contribution >= 4 is 33.9 Å². The van der Waals surface area contributed by atoms with Crippen molar-refractivity contribution in [2.24, 2.45) is 5.16 Å². The molecular formula is C24H16N2O3S. The second-order valence-electron chi connectivity index (χ2n) is 6.33. The molecule has 2 aromatic rings. The van der Waals surface area contributed by atoms with Gasteiger partial charge in [0.15, 0.2) is 11.9 Å². The number of rotatable bonds is 4. The lowest BCUT2D eigenvalue weighted by molar-refractivity contribution is -0.113. The normalized spacial score (nSPS) is 15.2. The van der Waals surface area contributed by atoms with Crippen LogP contribution in [0.3, 0.4) is 0 Å². The topological polar surface area (TPSA) is 79.5 Å². The highest BCUT2D eigenvalue weighted by Gasteiger charge is 2.21. The van der Waals surface area contributed by atoms with Crippen molar-refractivity contribution in [2.75, 3.05) is 0 Å². The molecule has 1 aliphatic heterocycles. The summed E-state index contributed by atoms with van der Waals surface area (Å²) in [6.07, 6.45) is 5.94. The van der Waals surface area contributed by atoms with Crippen LogP contribution in [0.15, 0.2) is 70.7 Å². The molecule has 0 unspecified atom stereocenters. The van der Waals surface area contributed by atoms with E-state index in [2.05, 4.69) is 23.3 Å². The maximum atomic E-state index is 12.2. The zero-order valence-electron chi connectivity index (χ0n) is 16.3. The molecule has 0 bridgehead atoms. The zero-order valence-corrected chi connectivity index (χ0v) is 17.1. The largest absolute Gasteiger partial charge is 0.302 e. The van der Waals surface area contributed by atoms with Crippen LogP contribution in [-0.2, 0) is 9.63 Å². The minimum absolute atomic E-state index is 0.202. The molecule has 30 heavy (non-hydrogen) atoms. The molecule has 0 saturated carbocycles. The summed E-state index contributed by atoms with van der Waals surface area (Å²) in [5.41, 5.74) is 2.86. The van der Waals surface area contributed by atoms with Gasteiger partial charge in [0.25, 0.3) is 0 Å². The van der Waals surface area contributed by atoms with Gasteiger partial charge in [-0.25, -0.2) is 0 Å². The summed E-state index contributed by atoms with van der Waals surface area (Å²) in [7, 11) is 0. The van der Waals surface area contributed by atoms with Crippen LogP contribution < -0.4 is 0 Å². The minimum Gasteiger partial charge on any atom is -0.302 e. The third kappa shape index (κ3) is 4.94. The van der Waals surface area contributed by atoms with Crippen molar-refractivity contribution in [3.63, 3.8) is 0 Å². The third-order valence-corrected chi connectivity index (χ3v) is 5.12. The van der Waals surface area contributed by atoms with E-state index < -0.39 is 11.6 Å². The second kappa shape index (κ2) is 9.56. The maximum absolute atomic E-state index is 12.2. The molecule has 5 nitrogen and oxygen atoms in total. The molecule has 146 valence electrons. The molecule has 0 spiro atoms. The van der Waals surface area contributed by atoms with E-state index >= 15 is 0 Å². The lowest BCUT2D eigenvalue weighted by Crippen LogP contribution is -2.12. The first-order chi connectivity index (χ1) is 14.5. The molecule has 1 aliphatic rings. The Hall–Kier alpha value is -3.87. The van der Waals surface area contributed by atoms with Crippen LogP contribution in [0.1, 0.15) is 34.0 Å². The van der Waals surface area contributed by atoms with E-state index in [1.165, 1.54) is 18.7 Å². The lowest BCUT2D eigenvalue weighted by Gasteiger charge is -2.07. The number of Topliss-reactive ketones (excluding diaryl/α,β-unsaturated/α-hetero) is 2. The van der Waals surface area contributed by atoms with Crippen molar-refractivity contribution in [3.05, 3.63) is 87.8 Å². The van der Waals surface area contributed by atoms with Gasteiger partial charge in [0.05, 0.1) is 5.57 Å². The van der Waals surface area contributed by atoms with Crippen LogP contribution in [0.2, 0.25) is 0 Å². The molecule has 0 radical (unpaired) electrons. The Morgan fingerprint density at radius 1 is 1.03 bits per heavy atom. The molecule has 0 aromatic heterocycles. The predicted molar refractivity (Wildman–Crippen MR) is 117 cm³/mol. The number of ketones is 2. The van der Waals surface area contributed by atoms with E-state index in [1.807, 2.05) is 31.2 Å². The lowest BCUT2D eigenvalue weighted by atomic mass is 9.96. The van der Waals surface area contributed by atoms with Crippen LogP contribution in [0.5, 0.6) is 0 Å². The number of carbonyl (C=O) groups is 2. The molecule has 0 fully saturated rings. The molecule has 0 amide bonds. The van der Waals surface area contributed by atoms with Gasteiger partial charge in [0, 0.05) is 28.5 Å². The number of hydrogen-bond donors (Lipinski definition) is 0. The van der Waals surface area contributed by atoms with Gasteiger partial charge in [0.2, 0.25) is 5.78 Å². The van der Waals surface area contributed by atoms with Crippen LogP contribution in [-0.4, -0.2) is 16.6 Å². The van der Waals surface area contributed by atoms with Crippen molar-refractivity contribution in [1.29, 1.82) is 5.26 Å². The van der Waals surface area contributed by atoms with Crippen LogP contribution >= 0.6 is 11.8 Å². The van der Waals surface area contributed by atoms with Gasteiger partial charge in [-0.3, -0.25) is 9.59 Å². The van der Waals surface area contributed by atoms with Gasteiger partial charge in [-0.2, -0.15) is 5.26 Å². The molecule has 1 heterocycles. The first-order valence-corrected chi connectivity index (χ1v) is 9.78. The summed E-state index contributed by atoms with van der Waals surface area (Å²) in [6.45, 7) is 3.21. The van der Waals surface area contributed by atoms with Gasteiger partial charge < -0.3 is 4.84 Å². The van der Waals surface area contributed by atoms with E-state index in [-0.39, 0.29) is 11.1 Å². The van der Waals surface area contributed by atoms with Crippen LogP contribution in [0, 0.1) is 30.3 Å². The molecule has 0 atom stereocenters. The average molecular weight is 412 g/mol. The molecule has 0 N–H and O–H groups in total. The summed E-state index contributed by atoms with van der Waals surface area (Å²) >= 11 is 1.22. The molecule has 3 rings (SSSR count). The highest BCUT2D eigenvalue weighted by molar-refractivity contribution is 8.18. The van der Waals surface area contributed by atoms with E-state index in [9.17, 15) is 14.9 Å². The number of allylic oxidation sites excluding steroid dienone is 2. The predicted octanol–water partition coefficient (Wildman–Crippen LogP) is 4.64. The molecule has 0 aliphatic carbocycles. The van der Waals surface area contributed by atoms with Gasteiger partial charge in [0.1, 0.15) is 11.1 Å². The van der Waals surface area contributed by atoms with Crippen LogP contribution in [0.4, 0.5) is 0 Å². The number of hydrogen-bond acceptors (Lipinski definition) is 6. The van der Waals surface area contributed by atoms with Gasteiger partial charge in [-0.1, -0.05) is 58.9 Å². The Morgan fingerprint density at radius 3 is 2.40 bits per heavy atom. The molecular weight excluding hydrogens is 396 g/mol. The highest BCUT2D eigenvalue weighted by Crippen LogP contribution is 2.35. The van der Waals surface area contributed by atoms with Crippen LogP contribution in [0.25, 0.3) is 5.57 Å². The third-order valence-electron chi connectivity index (χ3n) is 4.14. The Morgan fingerprint density at radius 2 is 1.73 bits per heavy atom. The SMILES string of the molecule is CC(=O)C(=O)c1ccccc1C(C#N)=C1C=CC(=NOC#Cc2ccc(C)cc2)S1. The summed E-state index contributed by atoms with van der Waals surface area (Å²) in [4.78, 5) is 29.4. The molecule has 2 aromatic carbocycles. The molecule has 0 saturated heterocycles. The standard InChI is InChI=1S/C24H16N2O3S/c1-16-7-9-18(10-8-16)13-14-29-26-23-12-11-22(30-23)21(15-25)19-5-3-4-6-20(19)24(28)17(2)27/h3-12H,1-2H3. The fraction of sp³-hybridized carbons (Fsp3) is 0.0833. The Balaban J connectivity index is 1.80. The smallest absolute Gasteiger partial charge is 0.228 e. The van der Waals surface area contributed by atoms with Crippen molar-refractivity contribution in [2.45, 2.75) is 13.8 Å². The zero-order chi connectivity index (χ0) is 21.5. The van der Waals surface area contributed by atoms with Crippen molar-refractivity contribution in [3.8, 4) is 18.1 Å². The van der Waals surface area contributed by atoms with Gasteiger partial charge in [-0.05, 0) is 37.1 Å². The van der Waals surface area contributed by atoms with Gasteiger partial charge >= 0.3 is 0 Å². The number of nitriles is 1. The number of nitrogens with zero attached hydrogens (tertiary/aromatic N) is 2. The fourth-order valence-corrected chi connectivity index (χ4v) is 3.46. The van der Waals surface area contributed by atoms with Crippen molar-refractivity contribution in [1.82, 2.24) is 0 Å².